The summed E-state index contributed by atoms with van der Waals surface area (Å²) in [4.78, 5) is 10.6. The molecule has 1 fully saturated rings. The Morgan fingerprint density at radius 2 is 2.20 bits per heavy atom. The molecule has 0 aromatic carbocycles. The number of nitrogens with two attached hydrogens (primary N) is 1. The van der Waals surface area contributed by atoms with Crippen molar-refractivity contribution in [3.63, 3.8) is 0 Å². The van der Waals surface area contributed by atoms with Crippen LogP contribution >= 0.6 is 12.4 Å². The first-order valence-electron chi connectivity index (χ1n) is 3.22. The summed E-state index contributed by atoms with van der Waals surface area (Å²) in [6.07, 6.45) is 0. The molecular weight excluding hydrogens is 152 g/mol. The minimum Gasteiger partial charge on any atom is -0.369 e. The van der Waals surface area contributed by atoms with E-state index in [0.717, 1.165) is 13.1 Å². The number of nitrogens with one attached hydrogen (secondary N) is 1. The smallest absolute Gasteiger partial charge is 0.222 e. The Labute approximate surface area is 66.8 Å². The first-order chi connectivity index (χ1) is 4.22. The zero-order valence-electron chi connectivity index (χ0n) is 5.96. The molecule has 1 heterocycles. The normalized spacial score (nSPS) is 31.3. The van der Waals surface area contributed by atoms with E-state index in [4.69, 9.17) is 5.73 Å². The first-order valence-corrected chi connectivity index (χ1v) is 3.22. The molecule has 0 aromatic heterocycles. The van der Waals surface area contributed by atoms with Gasteiger partial charge in [-0.1, -0.05) is 6.92 Å². The number of hydrogen-bond acceptors (Lipinski definition) is 2. The van der Waals surface area contributed by atoms with Gasteiger partial charge in [-0.2, -0.15) is 0 Å². The first kappa shape index (κ1) is 9.72. The second-order valence-electron chi connectivity index (χ2n) is 2.64. The highest BCUT2D eigenvalue weighted by Gasteiger charge is 2.27. The molecule has 10 heavy (non-hydrogen) atoms. The molecule has 0 spiro atoms. The molecule has 1 aliphatic heterocycles. The fourth-order valence-corrected chi connectivity index (χ4v) is 1.19. The van der Waals surface area contributed by atoms with Crippen LogP contribution in [0.4, 0.5) is 0 Å². The predicted molar refractivity (Wildman–Crippen MR) is 42.0 cm³/mol. The minimum atomic E-state index is -0.174. The number of carbonyl (C=O) groups is 1. The summed E-state index contributed by atoms with van der Waals surface area (Å²) < 4.78 is 0. The van der Waals surface area contributed by atoms with Crippen LogP contribution in [0.1, 0.15) is 6.92 Å². The predicted octanol–water partition coefficient (Wildman–Crippen LogP) is -0.251. The number of amides is 1. The molecule has 60 valence electrons. The molecule has 2 unspecified atom stereocenters. The monoisotopic (exact) mass is 164 g/mol. The molecule has 2 atom stereocenters. The van der Waals surface area contributed by atoms with Gasteiger partial charge < -0.3 is 11.1 Å². The Morgan fingerprint density at radius 3 is 2.40 bits per heavy atom. The van der Waals surface area contributed by atoms with E-state index in [9.17, 15) is 4.79 Å². The topological polar surface area (TPSA) is 55.1 Å². The summed E-state index contributed by atoms with van der Waals surface area (Å²) in [6.45, 7) is 3.72. The summed E-state index contributed by atoms with van der Waals surface area (Å²) in [5, 5.41) is 3.10. The average Bonchev–Trinajstić information content (AvgIpc) is 2.13. The standard InChI is InChI=1S/C6H12N2O.ClH/c1-4-2-8-3-5(4)6(7)9;/h4-5,8H,2-3H2,1H3,(H2,7,9);1H. The summed E-state index contributed by atoms with van der Waals surface area (Å²) in [5.41, 5.74) is 5.11. The molecule has 0 aromatic rings. The molecule has 1 rings (SSSR count). The van der Waals surface area contributed by atoms with Gasteiger partial charge in [0.15, 0.2) is 0 Å². The van der Waals surface area contributed by atoms with Crippen LogP contribution < -0.4 is 11.1 Å². The summed E-state index contributed by atoms with van der Waals surface area (Å²) in [7, 11) is 0. The Morgan fingerprint density at radius 1 is 1.60 bits per heavy atom. The number of halogens is 1. The van der Waals surface area contributed by atoms with Gasteiger partial charge >= 0.3 is 0 Å². The van der Waals surface area contributed by atoms with Gasteiger partial charge in [-0.25, -0.2) is 0 Å². The van der Waals surface area contributed by atoms with Crippen molar-refractivity contribution < 1.29 is 4.79 Å². The number of carbonyl (C=O) groups excluding carboxylic acids is 1. The second-order valence-corrected chi connectivity index (χ2v) is 2.64. The van der Waals surface area contributed by atoms with Crippen LogP contribution in [0.5, 0.6) is 0 Å². The number of primary amides is 1. The van der Waals surface area contributed by atoms with E-state index >= 15 is 0 Å². The van der Waals surface area contributed by atoms with Crippen LogP contribution in [0.15, 0.2) is 0 Å². The lowest BCUT2D eigenvalue weighted by molar-refractivity contribution is -0.122. The van der Waals surface area contributed by atoms with E-state index in [2.05, 4.69) is 5.32 Å². The summed E-state index contributed by atoms with van der Waals surface area (Å²) in [5.74, 6) is 0.306. The van der Waals surface area contributed by atoms with Crippen LogP contribution in [-0.2, 0) is 4.79 Å². The fraction of sp³-hybridized carbons (Fsp3) is 0.833. The van der Waals surface area contributed by atoms with Gasteiger partial charge in [0, 0.05) is 6.54 Å². The van der Waals surface area contributed by atoms with Crippen molar-refractivity contribution in [2.75, 3.05) is 13.1 Å². The maximum absolute atomic E-state index is 10.6. The van der Waals surface area contributed by atoms with Crippen molar-refractivity contribution in [2.24, 2.45) is 17.6 Å². The number of hydrogen-bond donors (Lipinski definition) is 2. The van der Waals surface area contributed by atoms with Crippen LogP contribution in [-0.4, -0.2) is 19.0 Å². The highest BCUT2D eigenvalue weighted by molar-refractivity contribution is 5.85. The van der Waals surface area contributed by atoms with E-state index in [0.29, 0.717) is 5.92 Å². The van der Waals surface area contributed by atoms with E-state index in [1.807, 2.05) is 6.92 Å². The lowest BCUT2D eigenvalue weighted by Crippen LogP contribution is -2.28. The van der Waals surface area contributed by atoms with Crippen LogP contribution in [0, 0.1) is 11.8 Å². The highest BCUT2D eigenvalue weighted by Crippen LogP contribution is 2.14. The third kappa shape index (κ3) is 1.85. The van der Waals surface area contributed by atoms with Gasteiger partial charge in [-0.15, -0.1) is 12.4 Å². The maximum Gasteiger partial charge on any atom is 0.222 e. The summed E-state index contributed by atoms with van der Waals surface area (Å²) >= 11 is 0. The van der Waals surface area contributed by atoms with Gasteiger partial charge in [0.1, 0.15) is 0 Å². The van der Waals surface area contributed by atoms with Crippen molar-refractivity contribution >= 4 is 18.3 Å². The summed E-state index contributed by atoms with van der Waals surface area (Å²) in [6, 6.07) is 0. The van der Waals surface area contributed by atoms with E-state index < -0.39 is 0 Å². The molecule has 0 radical (unpaired) electrons. The molecule has 0 aliphatic carbocycles. The van der Waals surface area contributed by atoms with E-state index in [1.54, 1.807) is 0 Å². The molecule has 0 bridgehead atoms. The lowest BCUT2D eigenvalue weighted by Gasteiger charge is -2.07. The van der Waals surface area contributed by atoms with Crippen molar-refractivity contribution in [1.29, 1.82) is 0 Å². The largest absolute Gasteiger partial charge is 0.369 e. The number of rotatable bonds is 1. The highest BCUT2D eigenvalue weighted by atomic mass is 35.5. The third-order valence-corrected chi connectivity index (χ3v) is 1.88. The molecule has 0 saturated carbocycles. The molecular formula is C6H13ClN2O. The molecule has 3 N–H and O–H groups in total. The van der Waals surface area contributed by atoms with Gasteiger partial charge in [-0.05, 0) is 12.5 Å². The van der Waals surface area contributed by atoms with Gasteiger partial charge in [-0.3, -0.25) is 4.79 Å². The van der Waals surface area contributed by atoms with Gasteiger partial charge in [0.2, 0.25) is 5.91 Å². The van der Waals surface area contributed by atoms with E-state index in [-0.39, 0.29) is 24.2 Å². The quantitative estimate of drug-likeness (QED) is 0.562. The zero-order valence-corrected chi connectivity index (χ0v) is 6.78. The minimum absolute atomic E-state index is 0. The van der Waals surface area contributed by atoms with Crippen LogP contribution in [0.25, 0.3) is 0 Å². The van der Waals surface area contributed by atoms with Crippen LogP contribution in [0.3, 0.4) is 0 Å². The Hall–Kier alpha value is -0.280. The molecule has 1 saturated heterocycles. The third-order valence-electron chi connectivity index (χ3n) is 1.88. The van der Waals surface area contributed by atoms with Crippen LogP contribution in [0.2, 0.25) is 0 Å². The zero-order chi connectivity index (χ0) is 6.85. The second kappa shape index (κ2) is 3.78. The van der Waals surface area contributed by atoms with Crippen molar-refractivity contribution in [1.82, 2.24) is 5.32 Å². The SMILES string of the molecule is CC1CNCC1C(N)=O.Cl. The van der Waals surface area contributed by atoms with Crippen molar-refractivity contribution in [3.8, 4) is 0 Å². The Kier molecular flexibility index (Phi) is 3.68. The van der Waals surface area contributed by atoms with Crippen molar-refractivity contribution in [3.05, 3.63) is 0 Å². The van der Waals surface area contributed by atoms with Crippen molar-refractivity contribution in [2.45, 2.75) is 6.92 Å². The molecule has 1 aliphatic rings. The molecule has 1 amide bonds. The van der Waals surface area contributed by atoms with Gasteiger partial charge in [0.25, 0.3) is 0 Å². The van der Waals surface area contributed by atoms with Gasteiger partial charge in [0.05, 0.1) is 5.92 Å². The lowest BCUT2D eigenvalue weighted by atomic mass is 9.98. The Bertz CT molecular complexity index is 129. The molecule has 3 nitrogen and oxygen atoms in total. The van der Waals surface area contributed by atoms with E-state index in [1.165, 1.54) is 0 Å². The average molecular weight is 165 g/mol. The maximum atomic E-state index is 10.6. The Balaban J connectivity index is 0.000000810. The fourth-order valence-electron chi connectivity index (χ4n) is 1.19. The molecule has 4 heteroatoms.